The molecule has 4 rings (SSSR count). The van der Waals surface area contributed by atoms with Gasteiger partial charge in [-0.2, -0.15) is 0 Å². The first-order valence-corrected chi connectivity index (χ1v) is 9.58. The van der Waals surface area contributed by atoms with E-state index in [9.17, 15) is 34.5 Å². The van der Waals surface area contributed by atoms with Crippen molar-refractivity contribution >= 4 is 28.7 Å². The van der Waals surface area contributed by atoms with Crippen molar-refractivity contribution in [3.63, 3.8) is 0 Å². The van der Waals surface area contributed by atoms with Gasteiger partial charge in [0.25, 0.3) is 0 Å². The van der Waals surface area contributed by atoms with E-state index in [-0.39, 0.29) is 28.0 Å². The Morgan fingerprint density at radius 3 is 2.23 bits per heavy atom. The lowest BCUT2D eigenvalue weighted by Gasteiger charge is -2.41. The minimum Gasteiger partial charge on any atom is -0.507 e. The van der Waals surface area contributed by atoms with Gasteiger partial charge in [0.05, 0.1) is 11.1 Å². The van der Waals surface area contributed by atoms with Crippen molar-refractivity contribution in [1.29, 1.82) is 0 Å². The van der Waals surface area contributed by atoms with Crippen molar-refractivity contribution in [1.82, 2.24) is 0 Å². The smallest absolute Gasteiger partial charge is 0.207 e. The third-order valence-corrected chi connectivity index (χ3v) is 6.82. The van der Waals surface area contributed by atoms with Gasteiger partial charge in [-0.3, -0.25) is 19.2 Å². The molecule has 0 unspecified atom stereocenters. The Hall–Kier alpha value is -2.84. The van der Waals surface area contributed by atoms with E-state index in [2.05, 4.69) is 0 Å². The Morgan fingerprint density at radius 2 is 1.67 bits per heavy atom. The quantitative estimate of drug-likeness (QED) is 0.615. The molecule has 1 aliphatic heterocycles. The van der Waals surface area contributed by atoms with Gasteiger partial charge < -0.3 is 20.1 Å². The lowest BCUT2D eigenvalue weighted by atomic mass is 9.60. The fourth-order valence-electron chi connectivity index (χ4n) is 4.75. The summed E-state index contributed by atoms with van der Waals surface area (Å²) in [5.74, 6) is -4.56. The number of aryl methyl sites for hydroxylation is 1. The zero-order chi connectivity index (χ0) is 22.5. The minimum atomic E-state index is -2.77. The molecular weight excluding hydrogens is 392 g/mol. The van der Waals surface area contributed by atoms with E-state index in [1.807, 2.05) is 0 Å². The molecule has 2 aliphatic carbocycles. The van der Waals surface area contributed by atoms with Crippen LogP contribution >= 0.6 is 0 Å². The first kappa shape index (κ1) is 20.4. The van der Waals surface area contributed by atoms with Gasteiger partial charge in [0.1, 0.15) is 23.4 Å². The summed E-state index contributed by atoms with van der Waals surface area (Å²) in [4.78, 5) is 51.8. The SMILES string of the molecule is CC(=O)C[C@]1(O)C(=O)C2=C3O[C@H](C)C(C)(C)[C@]3(O)C(=O)c3c(C)cc(O)c(c32)C1=O. The van der Waals surface area contributed by atoms with E-state index < -0.39 is 63.6 Å². The van der Waals surface area contributed by atoms with Crippen LogP contribution in [0.5, 0.6) is 5.75 Å². The van der Waals surface area contributed by atoms with E-state index in [1.54, 1.807) is 20.8 Å². The first-order valence-electron chi connectivity index (χ1n) is 9.58. The maximum Gasteiger partial charge on any atom is 0.207 e. The number of ketones is 4. The third kappa shape index (κ3) is 2.03. The molecule has 158 valence electrons. The topological polar surface area (TPSA) is 138 Å². The number of carbonyl (C=O) groups excluding carboxylic acids is 4. The van der Waals surface area contributed by atoms with Gasteiger partial charge in [-0.1, -0.05) is 13.8 Å². The van der Waals surface area contributed by atoms with Gasteiger partial charge >= 0.3 is 0 Å². The van der Waals surface area contributed by atoms with Crippen molar-refractivity contribution < 1.29 is 39.2 Å². The number of phenolic OH excluding ortho intramolecular Hbond substituents is 1. The van der Waals surface area contributed by atoms with Gasteiger partial charge in [0, 0.05) is 23.0 Å². The van der Waals surface area contributed by atoms with Crippen LogP contribution in [-0.4, -0.2) is 55.8 Å². The van der Waals surface area contributed by atoms with Crippen LogP contribution < -0.4 is 0 Å². The Kier molecular flexibility index (Phi) is 3.85. The lowest BCUT2D eigenvalue weighted by Crippen LogP contribution is -2.57. The molecule has 1 fully saturated rings. The first-order chi connectivity index (χ1) is 13.7. The second-order valence-electron chi connectivity index (χ2n) is 8.96. The lowest BCUT2D eigenvalue weighted by molar-refractivity contribution is -0.133. The van der Waals surface area contributed by atoms with Gasteiger partial charge in [0.2, 0.25) is 17.3 Å². The minimum absolute atomic E-state index is 0.0820. The maximum atomic E-state index is 13.5. The molecule has 0 spiro atoms. The number of aliphatic hydroxyl groups is 2. The molecule has 30 heavy (non-hydrogen) atoms. The highest BCUT2D eigenvalue weighted by Crippen LogP contribution is 2.58. The standard InChI is InChI=1S/C22H22O8/c1-8-6-11(24)13-14-12(8)18(27)22(29)19(30-10(3)20(22,4)5)15(14)17(26)21(28,16(13)25)7-9(2)23/h6,10,24,28-29H,7H2,1-5H3/t10-,21-,22+/m1/s1. The number of rotatable bonds is 2. The Bertz CT molecular complexity index is 1120. The van der Waals surface area contributed by atoms with E-state index in [0.29, 0.717) is 0 Å². The van der Waals surface area contributed by atoms with Crippen molar-refractivity contribution in [3.05, 3.63) is 34.1 Å². The Morgan fingerprint density at radius 1 is 1.07 bits per heavy atom. The number of carbonyl (C=O) groups is 4. The molecule has 0 saturated carbocycles. The number of benzene rings is 1. The monoisotopic (exact) mass is 414 g/mol. The summed E-state index contributed by atoms with van der Waals surface area (Å²) in [5, 5.41) is 33.1. The Labute approximate surface area is 172 Å². The molecule has 3 N–H and O–H groups in total. The number of hydrogen-bond acceptors (Lipinski definition) is 8. The molecule has 0 bridgehead atoms. The van der Waals surface area contributed by atoms with E-state index in [1.165, 1.54) is 13.0 Å². The zero-order valence-electron chi connectivity index (χ0n) is 17.2. The predicted octanol–water partition coefficient (Wildman–Crippen LogP) is 1.26. The number of ether oxygens (including phenoxy) is 1. The summed E-state index contributed by atoms with van der Waals surface area (Å²) < 4.78 is 5.79. The van der Waals surface area contributed by atoms with Crippen LogP contribution in [0.25, 0.3) is 5.57 Å². The van der Waals surface area contributed by atoms with Gasteiger partial charge in [-0.25, -0.2) is 0 Å². The van der Waals surface area contributed by atoms with Gasteiger partial charge in [-0.15, -0.1) is 0 Å². The summed E-state index contributed by atoms with van der Waals surface area (Å²) in [5.41, 5.74) is -6.90. The van der Waals surface area contributed by atoms with Gasteiger partial charge in [-0.05, 0) is 32.4 Å². The Balaban J connectivity index is 2.21. The predicted molar refractivity (Wildman–Crippen MR) is 103 cm³/mol. The molecule has 1 saturated heterocycles. The van der Waals surface area contributed by atoms with Crippen LogP contribution in [0.4, 0.5) is 0 Å². The van der Waals surface area contributed by atoms with Crippen LogP contribution in [0.1, 0.15) is 66.0 Å². The largest absolute Gasteiger partial charge is 0.507 e. The fourth-order valence-corrected chi connectivity index (χ4v) is 4.75. The zero-order valence-corrected chi connectivity index (χ0v) is 17.2. The highest BCUT2D eigenvalue weighted by Gasteiger charge is 2.68. The summed E-state index contributed by atoms with van der Waals surface area (Å²) in [6, 6.07) is 1.17. The van der Waals surface area contributed by atoms with Crippen molar-refractivity contribution in [3.8, 4) is 5.75 Å². The molecule has 1 heterocycles. The van der Waals surface area contributed by atoms with Crippen LogP contribution in [0.2, 0.25) is 0 Å². The van der Waals surface area contributed by atoms with E-state index in [4.69, 9.17) is 4.74 Å². The molecule has 1 aromatic rings. The molecule has 1 aromatic carbocycles. The van der Waals surface area contributed by atoms with E-state index >= 15 is 0 Å². The summed E-state index contributed by atoms with van der Waals surface area (Å²) in [6.07, 6.45) is -1.50. The average molecular weight is 414 g/mol. The summed E-state index contributed by atoms with van der Waals surface area (Å²) >= 11 is 0. The second-order valence-corrected chi connectivity index (χ2v) is 8.96. The van der Waals surface area contributed by atoms with Crippen LogP contribution in [0.3, 0.4) is 0 Å². The molecule has 8 heteroatoms. The maximum absolute atomic E-state index is 13.5. The molecule has 8 nitrogen and oxygen atoms in total. The van der Waals surface area contributed by atoms with Crippen molar-refractivity contribution in [2.24, 2.45) is 5.41 Å². The normalized spacial score (nSPS) is 31.4. The van der Waals surface area contributed by atoms with Crippen LogP contribution in [0.15, 0.2) is 11.8 Å². The average Bonchev–Trinajstić information content (AvgIpc) is 2.80. The molecule has 3 aliphatic rings. The number of phenols is 1. The van der Waals surface area contributed by atoms with Gasteiger partial charge in [0.15, 0.2) is 11.2 Å². The van der Waals surface area contributed by atoms with Crippen LogP contribution in [-0.2, 0) is 14.3 Å². The molecule has 0 radical (unpaired) electrons. The highest BCUT2D eigenvalue weighted by molar-refractivity contribution is 6.43. The summed E-state index contributed by atoms with van der Waals surface area (Å²) in [6.45, 7) is 7.49. The molecule has 0 amide bonds. The van der Waals surface area contributed by atoms with Crippen molar-refractivity contribution in [2.45, 2.75) is 58.3 Å². The highest BCUT2D eigenvalue weighted by atomic mass is 16.5. The number of fused-ring (bicyclic) bond motifs is 1. The number of Topliss-reactive ketones (excluding diaryl/α,β-unsaturated/α-hetero) is 4. The second kappa shape index (κ2) is 5.65. The number of hydrogen-bond donors (Lipinski definition) is 3. The third-order valence-electron chi connectivity index (χ3n) is 6.82. The van der Waals surface area contributed by atoms with Crippen molar-refractivity contribution in [2.75, 3.05) is 0 Å². The number of aromatic hydroxyl groups is 1. The molecule has 3 atom stereocenters. The van der Waals surface area contributed by atoms with Crippen LogP contribution in [0, 0.1) is 12.3 Å². The molecule has 0 aromatic heterocycles. The molecular formula is C22H22O8. The summed E-state index contributed by atoms with van der Waals surface area (Å²) in [7, 11) is 0. The fraction of sp³-hybridized carbons (Fsp3) is 0.455. The van der Waals surface area contributed by atoms with E-state index in [0.717, 1.165) is 6.92 Å².